The Balaban J connectivity index is 1.56. The monoisotopic (exact) mass is 433 g/mol. The lowest BCUT2D eigenvalue weighted by Gasteiger charge is -2.26. The fraction of sp³-hybridized carbons (Fsp3) is 0.455. The fourth-order valence-corrected chi connectivity index (χ4v) is 3.66. The Hall–Kier alpha value is -1.56. The van der Waals surface area contributed by atoms with E-state index in [0.717, 1.165) is 67.2 Å². The maximum atomic E-state index is 6.02. The van der Waals surface area contributed by atoms with Crippen LogP contribution >= 0.6 is 15.9 Å². The molecule has 0 atom stereocenters. The highest BCUT2D eigenvalue weighted by Crippen LogP contribution is 2.30. The first-order valence-electron chi connectivity index (χ1n) is 9.67. The average Bonchev–Trinajstić information content (AvgIpc) is 2.68. The van der Waals surface area contributed by atoms with Crippen molar-refractivity contribution in [2.75, 3.05) is 39.5 Å². The molecule has 3 rings (SSSR count). The van der Waals surface area contributed by atoms with E-state index in [1.54, 1.807) is 0 Å². The van der Waals surface area contributed by atoms with Crippen LogP contribution in [0.15, 0.2) is 46.9 Å². The lowest BCUT2D eigenvalue weighted by molar-refractivity contribution is 0.0374. The molecule has 27 heavy (non-hydrogen) atoms. The SMILES string of the molecule is CCOc1cc(CCCN2CCOCC2)ccc1OCc1cccc(Br)c1. The molecule has 0 amide bonds. The number of morpholine rings is 1. The van der Waals surface area contributed by atoms with Crippen molar-refractivity contribution >= 4 is 15.9 Å². The predicted molar refractivity (Wildman–Crippen MR) is 112 cm³/mol. The Morgan fingerprint density at radius 2 is 1.85 bits per heavy atom. The van der Waals surface area contributed by atoms with Crippen molar-refractivity contribution in [3.8, 4) is 11.5 Å². The van der Waals surface area contributed by atoms with Gasteiger partial charge in [-0.1, -0.05) is 34.1 Å². The van der Waals surface area contributed by atoms with Gasteiger partial charge in [0.15, 0.2) is 11.5 Å². The summed E-state index contributed by atoms with van der Waals surface area (Å²) in [6.45, 7) is 8.09. The normalized spacial score (nSPS) is 14.9. The summed E-state index contributed by atoms with van der Waals surface area (Å²) in [4.78, 5) is 2.47. The molecule has 1 fully saturated rings. The van der Waals surface area contributed by atoms with Gasteiger partial charge in [0.25, 0.3) is 0 Å². The third-order valence-corrected chi connectivity index (χ3v) is 5.13. The van der Waals surface area contributed by atoms with E-state index < -0.39 is 0 Å². The number of nitrogens with zero attached hydrogens (tertiary/aromatic N) is 1. The van der Waals surface area contributed by atoms with Gasteiger partial charge < -0.3 is 14.2 Å². The van der Waals surface area contributed by atoms with Gasteiger partial charge >= 0.3 is 0 Å². The van der Waals surface area contributed by atoms with Gasteiger partial charge in [-0.05, 0) is 61.7 Å². The second-order valence-electron chi connectivity index (χ2n) is 6.69. The van der Waals surface area contributed by atoms with Crippen LogP contribution in [0.1, 0.15) is 24.5 Å². The predicted octanol–water partition coefficient (Wildman–Crippen LogP) is 4.69. The largest absolute Gasteiger partial charge is 0.490 e. The molecule has 4 nitrogen and oxygen atoms in total. The van der Waals surface area contributed by atoms with E-state index in [-0.39, 0.29) is 0 Å². The molecular weight excluding hydrogens is 406 g/mol. The molecule has 1 aliphatic rings. The summed E-state index contributed by atoms with van der Waals surface area (Å²) in [6, 6.07) is 14.5. The molecule has 1 aliphatic heterocycles. The summed E-state index contributed by atoms with van der Waals surface area (Å²) in [6.07, 6.45) is 2.19. The summed E-state index contributed by atoms with van der Waals surface area (Å²) in [5.41, 5.74) is 2.42. The molecule has 0 bridgehead atoms. The quantitative estimate of drug-likeness (QED) is 0.573. The van der Waals surface area contributed by atoms with Crippen molar-refractivity contribution in [2.45, 2.75) is 26.4 Å². The third kappa shape index (κ3) is 6.52. The van der Waals surface area contributed by atoms with Crippen LogP contribution in [0.5, 0.6) is 11.5 Å². The smallest absolute Gasteiger partial charge is 0.161 e. The number of hydrogen-bond donors (Lipinski definition) is 0. The Labute approximate surface area is 170 Å². The molecule has 2 aromatic rings. The Bertz CT molecular complexity index is 716. The fourth-order valence-electron chi connectivity index (χ4n) is 3.21. The molecule has 1 saturated heterocycles. The van der Waals surface area contributed by atoms with E-state index in [0.29, 0.717) is 13.2 Å². The molecule has 0 unspecified atom stereocenters. The van der Waals surface area contributed by atoms with Crippen LogP contribution in [0.2, 0.25) is 0 Å². The highest BCUT2D eigenvalue weighted by atomic mass is 79.9. The zero-order valence-corrected chi connectivity index (χ0v) is 17.5. The Morgan fingerprint density at radius 1 is 1.00 bits per heavy atom. The molecule has 5 heteroatoms. The second-order valence-corrected chi connectivity index (χ2v) is 7.61. The van der Waals surface area contributed by atoms with Crippen molar-refractivity contribution in [3.63, 3.8) is 0 Å². The average molecular weight is 434 g/mol. The lowest BCUT2D eigenvalue weighted by atomic mass is 10.1. The van der Waals surface area contributed by atoms with Crippen LogP contribution in [-0.4, -0.2) is 44.4 Å². The Morgan fingerprint density at radius 3 is 2.63 bits per heavy atom. The highest BCUT2D eigenvalue weighted by Gasteiger charge is 2.11. The molecule has 146 valence electrons. The highest BCUT2D eigenvalue weighted by molar-refractivity contribution is 9.10. The van der Waals surface area contributed by atoms with Crippen molar-refractivity contribution in [1.82, 2.24) is 4.90 Å². The number of ether oxygens (including phenoxy) is 3. The minimum Gasteiger partial charge on any atom is -0.490 e. The molecule has 2 aromatic carbocycles. The van der Waals surface area contributed by atoms with Gasteiger partial charge in [-0.3, -0.25) is 4.90 Å². The van der Waals surface area contributed by atoms with Crippen LogP contribution in [0.3, 0.4) is 0 Å². The minimum atomic E-state index is 0.524. The van der Waals surface area contributed by atoms with Crippen LogP contribution in [0.4, 0.5) is 0 Å². The number of aryl methyl sites for hydroxylation is 1. The standard InChI is InChI=1S/C22H28BrNO3/c1-2-26-22-16-18(6-4-10-24-11-13-25-14-12-24)8-9-21(22)27-17-19-5-3-7-20(23)15-19/h3,5,7-9,15-16H,2,4,6,10-14,17H2,1H3. The van der Waals surface area contributed by atoms with E-state index in [9.17, 15) is 0 Å². The summed E-state index contributed by atoms with van der Waals surface area (Å²) < 4.78 is 18.3. The summed E-state index contributed by atoms with van der Waals surface area (Å²) in [5.74, 6) is 1.63. The Kier molecular flexibility index (Phi) is 7.99. The van der Waals surface area contributed by atoms with Gasteiger partial charge in [-0.15, -0.1) is 0 Å². The zero-order chi connectivity index (χ0) is 18.9. The molecule has 0 radical (unpaired) electrons. The first-order valence-corrected chi connectivity index (χ1v) is 10.5. The van der Waals surface area contributed by atoms with Crippen LogP contribution in [0, 0.1) is 0 Å². The van der Waals surface area contributed by atoms with Crippen LogP contribution < -0.4 is 9.47 Å². The van der Waals surface area contributed by atoms with E-state index >= 15 is 0 Å². The van der Waals surface area contributed by atoms with Crippen molar-refractivity contribution < 1.29 is 14.2 Å². The van der Waals surface area contributed by atoms with E-state index in [4.69, 9.17) is 14.2 Å². The van der Waals surface area contributed by atoms with Gasteiger partial charge in [-0.2, -0.15) is 0 Å². The van der Waals surface area contributed by atoms with Crippen molar-refractivity contribution in [2.24, 2.45) is 0 Å². The van der Waals surface area contributed by atoms with Crippen LogP contribution in [-0.2, 0) is 17.8 Å². The lowest BCUT2D eigenvalue weighted by Crippen LogP contribution is -2.36. The van der Waals surface area contributed by atoms with E-state index in [2.05, 4.69) is 45.1 Å². The maximum absolute atomic E-state index is 6.02. The molecule has 0 aliphatic carbocycles. The summed E-state index contributed by atoms with van der Waals surface area (Å²) in [7, 11) is 0. The van der Waals surface area contributed by atoms with Gasteiger partial charge in [0.2, 0.25) is 0 Å². The number of benzene rings is 2. The van der Waals surface area contributed by atoms with Crippen molar-refractivity contribution in [3.05, 3.63) is 58.1 Å². The van der Waals surface area contributed by atoms with E-state index in [1.807, 2.05) is 25.1 Å². The minimum absolute atomic E-state index is 0.524. The van der Waals surface area contributed by atoms with Crippen molar-refractivity contribution in [1.29, 1.82) is 0 Å². The van der Waals surface area contributed by atoms with E-state index in [1.165, 1.54) is 5.56 Å². The molecular formula is C22H28BrNO3. The molecule has 0 aromatic heterocycles. The van der Waals surface area contributed by atoms with Gasteiger partial charge in [0.05, 0.1) is 19.8 Å². The summed E-state index contributed by atoms with van der Waals surface area (Å²) in [5, 5.41) is 0. The first kappa shape index (κ1) is 20.2. The van der Waals surface area contributed by atoms with Crippen LogP contribution in [0.25, 0.3) is 0 Å². The van der Waals surface area contributed by atoms with Gasteiger partial charge in [0, 0.05) is 17.6 Å². The maximum Gasteiger partial charge on any atom is 0.161 e. The number of rotatable bonds is 9. The topological polar surface area (TPSA) is 30.9 Å². The summed E-state index contributed by atoms with van der Waals surface area (Å²) >= 11 is 3.50. The van der Waals surface area contributed by atoms with Gasteiger partial charge in [-0.25, -0.2) is 0 Å². The first-order chi connectivity index (χ1) is 13.2. The molecule has 0 N–H and O–H groups in total. The molecule has 0 spiro atoms. The third-order valence-electron chi connectivity index (χ3n) is 4.63. The zero-order valence-electron chi connectivity index (χ0n) is 16.0. The number of halogens is 1. The van der Waals surface area contributed by atoms with Gasteiger partial charge in [0.1, 0.15) is 6.61 Å². The molecule has 0 saturated carbocycles. The second kappa shape index (κ2) is 10.7. The molecule has 1 heterocycles. The number of hydrogen-bond acceptors (Lipinski definition) is 4.